The molecule has 5 rings (SSSR count). The number of imide groups is 2. The Morgan fingerprint density at radius 3 is 1.74 bits per heavy atom. The molecule has 0 unspecified atom stereocenters. The fourth-order valence-corrected chi connectivity index (χ4v) is 4.19. The Labute approximate surface area is 235 Å². The van der Waals surface area contributed by atoms with Gasteiger partial charge in [-0.05, 0) is 60.2 Å². The molecule has 9 nitrogen and oxygen atoms in total. The number of hydrogen-bond acceptors (Lipinski definition) is 6. The lowest BCUT2D eigenvalue weighted by Crippen LogP contribution is -2.57. The number of para-hydroxylation sites is 2. The Morgan fingerprint density at radius 2 is 1.26 bits per heavy atom. The second-order valence-electron chi connectivity index (χ2n) is 8.90. The number of amides is 4. The van der Waals surface area contributed by atoms with Crippen LogP contribution in [0, 0.1) is 10.1 Å². The Bertz CT molecular complexity index is 1660. The van der Waals surface area contributed by atoms with E-state index in [0.717, 1.165) is 15.9 Å². The van der Waals surface area contributed by atoms with Gasteiger partial charge in [-0.25, -0.2) is 14.6 Å². The Kier molecular flexibility index (Phi) is 7.28. The molecular weight excluding hydrogens is 555 g/mol. The lowest BCUT2D eigenvalue weighted by molar-refractivity contribution is -0.385. The summed E-state index contributed by atoms with van der Waals surface area (Å²) in [7, 11) is 0. The molecular formula is C30H18F3N3O6. The van der Waals surface area contributed by atoms with Crippen LogP contribution in [-0.4, -0.2) is 22.8 Å². The summed E-state index contributed by atoms with van der Waals surface area (Å²) in [5.41, 5.74) is -1.52. The molecule has 0 atom stereocenters. The molecule has 0 radical (unpaired) electrons. The highest BCUT2D eigenvalue weighted by Gasteiger charge is 2.43. The van der Waals surface area contributed by atoms with Crippen molar-refractivity contribution in [2.24, 2.45) is 0 Å². The van der Waals surface area contributed by atoms with Gasteiger partial charge in [0.2, 0.25) is 5.75 Å². The molecule has 1 heterocycles. The second-order valence-corrected chi connectivity index (χ2v) is 8.90. The van der Waals surface area contributed by atoms with E-state index < -0.39 is 45.9 Å². The fraction of sp³-hybridized carbons (Fsp3) is 0.0333. The van der Waals surface area contributed by atoms with E-state index in [1.54, 1.807) is 60.7 Å². The lowest BCUT2D eigenvalue weighted by Gasteiger charge is -2.33. The SMILES string of the molecule is O=C1C(=Cc2ccc(Oc3ccc(C(F)(F)F)cc3[N+](=O)[O-])cc2)C(=O)N(c2ccccc2)C(=O)N1c1ccccc1. The molecule has 1 fully saturated rings. The molecule has 1 aliphatic rings. The van der Waals surface area contributed by atoms with Crippen LogP contribution in [0.2, 0.25) is 0 Å². The summed E-state index contributed by atoms with van der Waals surface area (Å²) in [4.78, 5) is 52.4. The average molecular weight is 573 g/mol. The maximum atomic E-state index is 13.5. The van der Waals surface area contributed by atoms with Crippen LogP contribution >= 0.6 is 0 Å². The minimum atomic E-state index is -4.77. The number of rotatable bonds is 6. The maximum Gasteiger partial charge on any atom is 0.416 e. The molecule has 1 saturated heterocycles. The van der Waals surface area contributed by atoms with Crippen molar-refractivity contribution in [3.05, 3.63) is 130 Å². The van der Waals surface area contributed by atoms with Gasteiger partial charge in [-0.15, -0.1) is 0 Å². The number of halogens is 3. The van der Waals surface area contributed by atoms with Gasteiger partial charge in [0.1, 0.15) is 11.3 Å². The summed E-state index contributed by atoms with van der Waals surface area (Å²) in [6.07, 6.45) is -3.49. The number of barbiturate groups is 1. The van der Waals surface area contributed by atoms with Gasteiger partial charge in [0.25, 0.3) is 11.8 Å². The number of ether oxygens (including phenoxy) is 1. The molecule has 4 aromatic rings. The van der Waals surface area contributed by atoms with Gasteiger partial charge < -0.3 is 4.74 Å². The number of hydrogen-bond donors (Lipinski definition) is 0. The number of benzene rings is 4. The maximum absolute atomic E-state index is 13.5. The zero-order chi connectivity index (χ0) is 30.0. The van der Waals surface area contributed by atoms with Crippen LogP contribution in [-0.2, 0) is 15.8 Å². The van der Waals surface area contributed by atoms with E-state index in [2.05, 4.69) is 0 Å². The van der Waals surface area contributed by atoms with Crippen LogP contribution in [0.15, 0.2) is 109 Å². The van der Waals surface area contributed by atoms with Crippen LogP contribution in [0.3, 0.4) is 0 Å². The first-order valence-corrected chi connectivity index (χ1v) is 12.2. The summed E-state index contributed by atoms with van der Waals surface area (Å²) >= 11 is 0. The van der Waals surface area contributed by atoms with Gasteiger partial charge in [0.15, 0.2) is 0 Å². The fourth-order valence-electron chi connectivity index (χ4n) is 4.19. The lowest BCUT2D eigenvalue weighted by atomic mass is 10.0. The topological polar surface area (TPSA) is 110 Å². The number of nitrogens with zero attached hydrogens (tertiary/aromatic N) is 3. The molecule has 4 amide bonds. The highest BCUT2D eigenvalue weighted by atomic mass is 19.4. The van der Waals surface area contributed by atoms with Crippen molar-refractivity contribution in [2.75, 3.05) is 9.80 Å². The molecule has 0 saturated carbocycles. The van der Waals surface area contributed by atoms with Gasteiger partial charge in [0, 0.05) is 6.07 Å². The minimum absolute atomic E-state index is 0.0494. The van der Waals surface area contributed by atoms with Crippen molar-refractivity contribution in [1.82, 2.24) is 0 Å². The third kappa shape index (κ3) is 5.45. The van der Waals surface area contributed by atoms with Crippen LogP contribution in [0.25, 0.3) is 6.08 Å². The van der Waals surface area contributed by atoms with E-state index in [9.17, 15) is 37.7 Å². The van der Waals surface area contributed by atoms with E-state index in [-0.39, 0.29) is 22.7 Å². The highest BCUT2D eigenvalue weighted by Crippen LogP contribution is 2.38. The molecule has 42 heavy (non-hydrogen) atoms. The Morgan fingerprint density at radius 1 is 0.738 bits per heavy atom. The quantitative estimate of drug-likeness (QED) is 0.106. The van der Waals surface area contributed by atoms with Crippen molar-refractivity contribution in [3.8, 4) is 11.5 Å². The first-order chi connectivity index (χ1) is 20.0. The van der Waals surface area contributed by atoms with Crippen LogP contribution in [0.5, 0.6) is 11.5 Å². The number of urea groups is 1. The molecule has 0 N–H and O–H groups in total. The van der Waals surface area contributed by atoms with Crippen molar-refractivity contribution in [2.45, 2.75) is 6.18 Å². The average Bonchev–Trinajstić information content (AvgIpc) is 2.97. The summed E-state index contributed by atoms with van der Waals surface area (Å²) < 4.78 is 44.5. The van der Waals surface area contributed by atoms with Crippen LogP contribution in [0.4, 0.5) is 35.0 Å². The van der Waals surface area contributed by atoms with Gasteiger partial charge in [-0.2, -0.15) is 13.2 Å². The molecule has 210 valence electrons. The summed E-state index contributed by atoms with van der Waals surface area (Å²) in [5.74, 6) is -2.05. The number of anilines is 2. The second kappa shape index (κ2) is 11.0. The molecule has 12 heteroatoms. The molecule has 0 spiro atoms. The number of alkyl halides is 3. The van der Waals surface area contributed by atoms with E-state index in [0.29, 0.717) is 17.7 Å². The molecule has 0 aromatic heterocycles. The van der Waals surface area contributed by atoms with Crippen LogP contribution < -0.4 is 14.5 Å². The molecule has 1 aliphatic heterocycles. The van der Waals surface area contributed by atoms with Crippen LogP contribution in [0.1, 0.15) is 11.1 Å². The van der Waals surface area contributed by atoms with Gasteiger partial charge in [-0.3, -0.25) is 19.7 Å². The smallest absolute Gasteiger partial charge is 0.416 e. The standard InChI is InChI=1S/C30H18F3N3O6/c31-30(32,33)20-13-16-26(25(18-20)36(40)41)42-23-14-11-19(12-15-23)17-24-27(37)34(21-7-3-1-4-8-21)29(39)35(28(24)38)22-9-5-2-6-10-22/h1-18H. The normalized spacial score (nSPS) is 13.8. The van der Waals surface area contributed by atoms with E-state index in [1.165, 1.54) is 30.3 Å². The first kappa shape index (κ1) is 27.8. The molecule has 0 aliphatic carbocycles. The van der Waals surface area contributed by atoms with E-state index in [4.69, 9.17) is 4.74 Å². The predicted octanol–water partition coefficient (Wildman–Crippen LogP) is 6.99. The third-order valence-electron chi connectivity index (χ3n) is 6.18. The zero-order valence-corrected chi connectivity index (χ0v) is 21.3. The summed E-state index contributed by atoms with van der Waals surface area (Å²) in [6, 6.07) is 22.9. The number of carbonyl (C=O) groups is 3. The van der Waals surface area contributed by atoms with Gasteiger partial charge in [-0.1, -0.05) is 48.5 Å². The first-order valence-electron chi connectivity index (χ1n) is 12.2. The molecule has 4 aromatic carbocycles. The zero-order valence-electron chi connectivity index (χ0n) is 21.3. The van der Waals surface area contributed by atoms with Gasteiger partial charge >= 0.3 is 17.9 Å². The summed E-state index contributed by atoms with van der Waals surface area (Å²) in [6.45, 7) is 0. The number of carbonyl (C=O) groups excluding carboxylic acids is 3. The highest BCUT2D eigenvalue weighted by molar-refractivity contribution is 6.46. The third-order valence-corrected chi connectivity index (χ3v) is 6.18. The number of nitro groups is 1. The van der Waals surface area contributed by atoms with Crippen molar-refractivity contribution in [3.63, 3.8) is 0 Å². The van der Waals surface area contributed by atoms with Crippen molar-refractivity contribution >= 4 is 41.0 Å². The van der Waals surface area contributed by atoms with E-state index in [1.807, 2.05) is 0 Å². The van der Waals surface area contributed by atoms with E-state index >= 15 is 0 Å². The van der Waals surface area contributed by atoms with Crippen molar-refractivity contribution < 1.29 is 37.2 Å². The number of nitro benzene ring substituents is 1. The summed E-state index contributed by atoms with van der Waals surface area (Å²) in [5, 5.41) is 11.4. The predicted molar refractivity (Wildman–Crippen MR) is 146 cm³/mol. The van der Waals surface area contributed by atoms with Crippen molar-refractivity contribution in [1.29, 1.82) is 0 Å². The largest absolute Gasteiger partial charge is 0.450 e. The Hall–Kier alpha value is -5.78. The monoisotopic (exact) mass is 573 g/mol. The Balaban J connectivity index is 1.48. The molecule has 0 bridgehead atoms. The van der Waals surface area contributed by atoms with Gasteiger partial charge in [0.05, 0.1) is 21.9 Å². The minimum Gasteiger partial charge on any atom is -0.450 e.